The summed E-state index contributed by atoms with van der Waals surface area (Å²) in [5.41, 5.74) is 1.04. The van der Waals surface area contributed by atoms with E-state index in [-0.39, 0.29) is 36.0 Å². The van der Waals surface area contributed by atoms with E-state index in [0.717, 1.165) is 12.0 Å². The molecule has 0 saturated heterocycles. The summed E-state index contributed by atoms with van der Waals surface area (Å²) in [5.74, 6) is 1.07. The van der Waals surface area contributed by atoms with E-state index in [9.17, 15) is 13.2 Å². The molecule has 2 heterocycles. The molecule has 2 aromatic carbocycles. The van der Waals surface area contributed by atoms with Crippen LogP contribution in [0.2, 0.25) is 5.02 Å². The van der Waals surface area contributed by atoms with E-state index in [4.69, 9.17) is 21.1 Å². The smallest absolute Gasteiger partial charge is 0.243 e. The van der Waals surface area contributed by atoms with Gasteiger partial charge in [0, 0.05) is 28.6 Å². The molecule has 0 N–H and O–H groups in total. The van der Waals surface area contributed by atoms with Crippen LogP contribution >= 0.6 is 22.9 Å². The first-order chi connectivity index (χ1) is 17.7. The number of hydrogen-bond donors (Lipinski definition) is 0. The lowest BCUT2D eigenvalue weighted by molar-refractivity contribution is -0.135. The maximum atomic E-state index is 13.7. The van der Waals surface area contributed by atoms with Gasteiger partial charge in [-0.15, -0.1) is 11.3 Å². The van der Waals surface area contributed by atoms with Crippen molar-refractivity contribution in [1.29, 1.82) is 0 Å². The Balaban J connectivity index is 1.58. The molecule has 0 aliphatic carbocycles. The van der Waals surface area contributed by atoms with Crippen LogP contribution in [-0.4, -0.2) is 56.4 Å². The standard InChI is InChI=1S/C27H31ClN2O5S2/c1-4-19(2)30(37(32,33)23-10-8-20(28)9-11-23)17-27(31)29-14-12-26-24(13-15-36-26)25(29)18-35-22-7-5-6-21(16-22)34-3/h5-11,13,15-16,19,25H,4,12,14,17-18H2,1-3H3/t19-,25+/m1/s1. The SMILES string of the molecule is CC[C@@H](C)N(CC(=O)N1CCc2sccc2[C@@H]1COc1cccc(OC)c1)S(=O)(=O)c1ccc(Cl)cc1. The molecular weight excluding hydrogens is 532 g/mol. The second-order valence-electron chi connectivity index (χ2n) is 8.90. The van der Waals surface area contributed by atoms with Crippen molar-refractivity contribution in [1.82, 2.24) is 9.21 Å². The van der Waals surface area contributed by atoms with Crippen molar-refractivity contribution in [3.63, 3.8) is 0 Å². The molecule has 2 atom stereocenters. The Morgan fingerprint density at radius 3 is 2.62 bits per heavy atom. The first-order valence-electron chi connectivity index (χ1n) is 12.1. The molecule has 1 aliphatic rings. The zero-order chi connectivity index (χ0) is 26.6. The zero-order valence-electron chi connectivity index (χ0n) is 21.1. The molecule has 4 rings (SSSR count). The number of ether oxygens (including phenoxy) is 2. The lowest BCUT2D eigenvalue weighted by Crippen LogP contribution is -2.49. The molecule has 1 aromatic heterocycles. The van der Waals surface area contributed by atoms with Crippen molar-refractivity contribution >= 4 is 38.9 Å². The highest BCUT2D eigenvalue weighted by molar-refractivity contribution is 7.89. The summed E-state index contributed by atoms with van der Waals surface area (Å²) in [5, 5.41) is 2.47. The third-order valence-electron chi connectivity index (χ3n) is 6.66. The zero-order valence-corrected chi connectivity index (χ0v) is 23.5. The van der Waals surface area contributed by atoms with Crippen LogP contribution in [0.5, 0.6) is 11.5 Å². The average molecular weight is 563 g/mol. The lowest BCUT2D eigenvalue weighted by atomic mass is 10.0. The van der Waals surface area contributed by atoms with Crippen molar-refractivity contribution in [3.8, 4) is 11.5 Å². The van der Waals surface area contributed by atoms with Gasteiger partial charge in [-0.1, -0.05) is 24.6 Å². The minimum absolute atomic E-state index is 0.113. The van der Waals surface area contributed by atoms with Gasteiger partial charge in [0.1, 0.15) is 18.1 Å². The number of benzene rings is 2. The van der Waals surface area contributed by atoms with Crippen LogP contribution in [0.25, 0.3) is 0 Å². The third kappa shape index (κ3) is 6.12. The normalized spacial score (nSPS) is 16.4. The van der Waals surface area contributed by atoms with Gasteiger partial charge in [0.05, 0.1) is 24.6 Å². The Morgan fingerprint density at radius 2 is 1.92 bits per heavy atom. The van der Waals surface area contributed by atoms with Crippen LogP contribution in [0.3, 0.4) is 0 Å². The maximum absolute atomic E-state index is 13.7. The predicted molar refractivity (Wildman–Crippen MR) is 146 cm³/mol. The van der Waals surface area contributed by atoms with E-state index in [2.05, 4.69) is 0 Å². The Bertz CT molecular complexity index is 1330. The Kier molecular flexibility index (Phi) is 8.79. The van der Waals surface area contributed by atoms with Gasteiger partial charge in [0.15, 0.2) is 0 Å². The Labute approximate surface area is 227 Å². The van der Waals surface area contributed by atoms with Crippen molar-refractivity contribution in [3.05, 3.63) is 75.4 Å². The fourth-order valence-electron chi connectivity index (χ4n) is 4.39. The first-order valence-corrected chi connectivity index (χ1v) is 14.8. The van der Waals surface area contributed by atoms with E-state index in [0.29, 0.717) is 29.5 Å². The summed E-state index contributed by atoms with van der Waals surface area (Å²) in [6.45, 7) is 4.21. The number of sulfonamides is 1. The molecular formula is C27H31ClN2O5S2. The van der Waals surface area contributed by atoms with E-state index < -0.39 is 10.0 Å². The van der Waals surface area contributed by atoms with E-state index >= 15 is 0 Å². The van der Waals surface area contributed by atoms with Crippen LogP contribution in [0.15, 0.2) is 64.9 Å². The summed E-state index contributed by atoms with van der Waals surface area (Å²) in [7, 11) is -2.31. The maximum Gasteiger partial charge on any atom is 0.243 e. The fraction of sp³-hybridized carbons (Fsp3) is 0.370. The molecule has 7 nitrogen and oxygen atoms in total. The van der Waals surface area contributed by atoms with Crippen molar-refractivity contribution < 1.29 is 22.7 Å². The lowest BCUT2D eigenvalue weighted by Gasteiger charge is -2.37. The van der Waals surface area contributed by atoms with Gasteiger partial charge in [-0.3, -0.25) is 4.79 Å². The van der Waals surface area contributed by atoms with Crippen LogP contribution in [0.4, 0.5) is 0 Å². The molecule has 37 heavy (non-hydrogen) atoms. The van der Waals surface area contributed by atoms with Crippen LogP contribution < -0.4 is 9.47 Å². The average Bonchev–Trinajstić information content (AvgIpc) is 3.39. The quantitative estimate of drug-likeness (QED) is 0.330. The molecule has 0 unspecified atom stereocenters. The largest absolute Gasteiger partial charge is 0.497 e. The number of carbonyl (C=O) groups excluding carboxylic acids is 1. The van der Waals surface area contributed by atoms with Crippen LogP contribution in [-0.2, 0) is 21.2 Å². The highest BCUT2D eigenvalue weighted by Crippen LogP contribution is 2.35. The molecule has 0 spiro atoms. The topological polar surface area (TPSA) is 76.2 Å². The van der Waals surface area contributed by atoms with Crippen LogP contribution in [0, 0.1) is 0 Å². The number of methoxy groups -OCH3 is 1. The highest BCUT2D eigenvalue weighted by atomic mass is 35.5. The van der Waals surface area contributed by atoms with Gasteiger partial charge in [0.25, 0.3) is 0 Å². The van der Waals surface area contributed by atoms with Gasteiger partial charge >= 0.3 is 0 Å². The second kappa shape index (κ2) is 11.9. The molecule has 198 valence electrons. The molecule has 10 heteroatoms. The summed E-state index contributed by atoms with van der Waals surface area (Å²) in [6.07, 6.45) is 1.29. The molecule has 0 saturated carbocycles. The van der Waals surface area contributed by atoms with Gasteiger partial charge in [-0.2, -0.15) is 4.31 Å². The summed E-state index contributed by atoms with van der Waals surface area (Å²) in [6, 6.07) is 14.7. The number of carbonyl (C=O) groups is 1. The number of thiophene rings is 1. The van der Waals surface area contributed by atoms with E-state index in [1.165, 1.54) is 21.3 Å². The summed E-state index contributed by atoms with van der Waals surface area (Å²) < 4.78 is 39.8. The predicted octanol–water partition coefficient (Wildman–Crippen LogP) is 5.40. The van der Waals surface area contributed by atoms with Gasteiger partial charge in [-0.05, 0) is 73.2 Å². The number of hydrogen-bond acceptors (Lipinski definition) is 6. The monoisotopic (exact) mass is 562 g/mol. The van der Waals surface area contributed by atoms with Crippen molar-refractivity contribution in [2.45, 2.75) is 43.7 Å². The minimum Gasteiger partial charge on any atom is -0.497 e. The van der Waals surface area contributed by atoms with Gasteiger partial charge in [-0.25, -0.2) is 8.42 Å². The molecule has 0 bridgehead atoms. The number of rotatable bonds is 10. The first kappa shape index (κ1) is 27.4. The van der Waals surface area contributed by atoms with Crippen molar-refractivity contribution in [2.75, 3.05) is 26.8 Å². The minimum atomic E-state index is -3.91. The number of nitrogens with zero attached hydrogens (tertiary/aromatic N) is 2. The summed E-state index contributed by atoms with van der Waals surface area (Å²) >= 11 is 7.63. The van der Waals surface area contributed by atoms with Gasteiger partial charge < -0.3 is 14.4 Å². The number of fused-ring (bicyclic) bond motifs is 1. The molecule has 1 aliphatic heterocycles. The second-order valence-corrected chi connectivity index (χ2v) is 12.2. The number of amides is 1. The van der Waals surface area contributed by atoms with E-state index in [1.54, 1.807) is 41.5 Å². The molecule has 3 aromatic rings. The van der Waals surface area contributed by atoms with Crippen LogP contribution in [0.1, 0.15) is 36.8 Å². The van der Waals surface area contributed by atoms with Gasteiger partial charge in [0.2, 0.25) is 15.9 Å². The Morgan fingerprint density at radius 1 is 1.19 bits per heavy atom. The fourth-order valence-corrected chi connectivity index (χ4v) is 7.10. The number of halogens is 1. The Hall–Kier alpha value is -2.59. The molecule has 0 radical (unpaired) electrons. The highest BCUT2D eigenvalue weighted by Gasteiger charge is 2.36. The summed E-state index contributed by atoms with van der Waals surface area (Å²) in [4.78, 5) is 16.8. The third-order valence-corrected chi connectivity index (χ3v) is 9.88. The van der Waals surface area contributed by atoms with E-state index in [1.807, 2.05) is 43.5 Å². The molecule has 1 amide bonds. The van der Waals surface area contributed by atoms with Crippen molar-refractivity contribution in [2.24, 2.45) is 0 Å². The molecule has 0 fully saturated rings.